The van der Waals surface area contributed by atoms with Crippen molar-refractivity contribution >= 4 is 39.0 Å². The molecule has 0 bridgehead atoms. The number of benzene rings is 2. The Kier molecular flexibility index (Phi) is 9.69. The molecule has 0 fully saturated rings. The summed E-state index contributed by atoms with van der Waals surface area (Å²) >= 11 is 1.40. The molecule has 1 heterocycles. The topological polar surface area (TPSA) is 115 Å². The third-order valence-corrected chi connectivity index (χ3v) is 7.33. The molecule has 14 heteroatoms. The van der Waals surface area contributed by atoms with Gasteiger partial charge in [-0.05, 0) is 64.7 Å². The molecule has 3 rings (SSSR count). The Labute approximate surface area is 227 Å². The van der Waals surface area contributed by atoms with Gasteiger partial charge in [-0.15, -0.1) is 11.3 Å². The highest BCUT2D eigenvalue weighted by atomic mass is 32.2. The van der Waals surface area contributed by atoms with E-state index in [2.05, 4.69) is 14.4 Å². The number of anilines is 1. The van der Waals surface area contributed by atoms with Crippen LogP contribution in [0.1, 0.15) is 28.2 Å². The first kappa shape index (κ1) is 30.1. The SMILES string of the molecule is Cc1nc(-c2cccc(S(=O)(=O)Nc3ccc(C(=O)OCCCCN(C)C)c(OC(=O)C(F)(F)F)c3)c2)cs1. The van der Waals surface area contributed by atoms with Crippen molar-refractivity contribution in [2.45, 2.75) is 30.8 Å². The van der Waals surface area contributed by atoms with Crippen molar-refractivity contribution < 1.29 is 40.7 Å². The van der Waals surface area contributed by atoms with E-state index in [0.717, 1.165) is 29.8 Å². The molecule has 0 saturated heterocycles. The second-order valence-corrected chi connectivity index (χ2v) is 11.4. The van der Waals surface area contributed by atoms with Crippen LogP contribution in [0.3, 0.4) is 0 Å². The van der Waals surface area contributed by atoms with Gasteiger partial charge in [-0.2, -0.15) is 13.2 Å². The predicted molar refractivity (Wildman–Crippen MR) is 139 cm³/mol. The predicted octanol–water partition coefficient (Wildman–Crippen LogP) is 4.89. The number of ether oxygens (including phenoxy) is 2. The van der Waals surface area contributed by atoms with E-state index in [4.69, 9.17) is 4.74 Å². The van der Waals surface area contributed by atoms with E-state index in [1.807, 2.05) is 25.9 Å². The van der Waals surface area contributed by atoms with Gasteiger partial charge >= 0.3 is 18.1 Å². The fourth-order valence-electron chi connectivity index (χ4n) is 3.30. The van der Waals surface area contributed by atoms with Crippen LogP contribution >= 0.6 is 11.3 Å². The molecule has 0 radical (unpaired) electrons. The van der Waals surface area contributed by atoms with Gasteiger partial charge in [0.2, 0.25) is 0 Å². The van der Waals surface area contributed by atoms with Crippen LogP contribution in [0.2, 0.25) is 0 Å². The zero-order chi connectivity index (χ0) is 28.8. The molecule has 9 nitrogen and oxygen atoms in total. The van der Waals surface area contributed by atoms with Crippen LogP contribution in [-0.2, 0) is 19.6 Å². The van der Waals surface area contributed by atoms with Crippen LogP contribution in [0.5, 0.6) is 5.75 Å². The molecule has 0 aliphatic carbocycles. The lowest BCUT2D eigenvalue weighted by Gasteiger charge is -2.14. The Morgan fingerprint density at radius 2 is 1.85 bits per heavy atom. The number of halogens is 3. The number of hydrogen-bond acceptors (Lipinski definition) is 9. The molecule has 210 valence electrons. The van der Waals surface area contributed by atoms with Gasteiger partial charge in [-0.1, -0.05) is 12.1 Å². The van der Waals surface area contributed by atoms with Crippen molar-refractivity contribution in [3.8, 4) is 17.0 Å². The first-order chi connectivity index (χ1) is 18.3. The lowest BCUT2D eigenvalue weighted by atomic mass is 10.2. The minimum Gasteiger partial charge on any atom is -0.462 e. The van der Waals surface area contributed by atoms with E-state index in [9.17, 15) is 31.2 Å². The molecule has 0 atom stereocenters. The lowest BCUT2D eigenvalue weighted by molar-refractivity contribution is -0.189. The van der Waals surface area contributed by atoms with E-state index in [1.165, 1.54) is 29.5 Å². The normalized spacial score (nSPS) is 11.9. The molecule has 3 aromatic rings. The van der Waals surface area contributed by atoms with Gasteiger partial charge in [-0.25, -0.2) is 23.0 Å². The van der Waals surface area contributed by atoms with Gasteiger partial charge in [0.1, 0.15) is 11.3 Å². The van der Waals surface area contributed by atoms with Crippen molar-refractivity contribution in [2.75, 3.05) is 32.0 Å². The first-order valence-corrected chi connectivity index (χ1v) is 13.9. The second-order valence-electron chi connectivity index (χ2n) is 8.63. The van der Waals surface area contributed by atoms with Crippen LogP contribution in [0.4, 0.5) is 18.9 Å². The average Bonchev–Trinajstić information content (AvgIpc) is 3.29. The maximum atomic E-state index is 13.0. The fourth-order valence-corrected chi connectivity index (χ4v) is 5.02. The standard InChI is InChI=1S/C25H26F3N3O6S2/c1-16-29-21(15-38-16)17-7-6-8-19(13-17)39(34,35)30-18-9-10-20(22(14-18)37-24(33)25(26,27)28)23(32)36-12-5-4-11-31(2)3/h6-10,13-15,30H,4-5,11-12H2,1-3H3. The number of unbranched alkanes of at least 4 members (excludes halogenated alkanes) is 1. The van der Waals surface area contributed by atoms with E-state index < -0.39 is 39.5 Å². The zero-order valence-electron chi connectivity index (χ0n) is 21.2. The fraction of sp³-hybridized carbons (Fsp3) is 0.320. The molecule has 1 N–H and O–H groups in total. The van der Waals surface area contributed by atoms with Gasteiger partial charge in [0, 0.05) is 17.0 Å². The van der Waals surface area contributed by atoms with Crippen LogP contribution < -0.4 is 9.46 Å². The molecule has 2 aromatic carbocycles. The van der Waals surface area contributed by atoms with Crippen LogP contribution in [0, 0.1) is 6.92 Å². The Morgan fingerprint density at radius 3 is 2.49 bits per heavy atom. The Bertz CT molecular complexity index is 1440. The minimum atomic E-state index is -5.35. The molecule has 0 unspecified atom stereocenters. The number of thiazole rings is 1. The van der Waals surface area contributed by atoms with Crippen molar-refractivity contribution in [1.29, 1.82) is 0 Å². The number of aromatic nitrogens is 1. The van der Waals surface area contributed by atoms with Gasteiger partial charge in [0.15, 0.2) is 0 Å². The quantitative estimate of drug-likeness (QED) is 0.192. The largest absolute Gasteiger partial charge is 0.491 e. The number of esters is 2. The highest BCUT2D eigenvalue weighted by molar-refractivity contribution is 7.92. The van der Waals surface area contributed by atoms with E-state index >= 15 is 0 Å². The van der Waals surface area contributed by atoms with Crippen molar-refractivity contribution in [2.24, 2.45) is 0 Å². The Balaban J connectivity index is 1.84. The Morgan fingerprint density at radius 1 is 1.10 bits per heavy atom. The smallest absolute Gasteiger partial charge is 0.462 e. The summed E-state index contributed by atoms with van der Waals surface area (Å²) in [6, 6.07) is 8.92. The molecular formula is C25H26F3N3O6S2. The van der Waals surface area contributed by atoms with Gasteiger partial charge in [-0.3, -0.25) is 4.72 Å². The number of nitrogens with zero attached hydrogens (tertiary/aromatic N) is 2. The van der Waals surface area contributed by atoms with Crippen LogP contribution in [-0.4, -0.2) is 63.7 Å². The van der Waals surface area contributed by atoms with E-state index in [0.29, 0.717) is 24.1 Å². The summed E-state index contributed by atoms with van der Waals surface area (Å²) in [5, 5.41) is 2.57. The molecular weight excluding hydrogens is 559 g/mol. The third-order valence-electron chi connectivity index (χ3n) is 5.18. The van der Waals surface area contributed by atoms with Crippen LogP contribution in [0.15, 0.2) is 52.7 Å². The van der Waals surface area contributed by atoms with Crippen molar-refractivity contribution in [1.82, 2.24) is 9.88 Å². The number of rotatable bonds is 11. The average molecular weight is 586 g/mol. The molecule has 1 aromatic heterocycles. The van der Waals surface area contributed by atoms with Crippen LogP contribution in [0.25, 0.3) is 11.3 Å². The summed E-state index contributed by atoms with van der Waals surface area (Å²) < 4.78 is 76.5. The Hall–Kier alpha value is -3.49. The maximum absolute atomic E-state index is 13.0. The van der Waals surface area contributed by atoms with Gasteiger partial charge in [0.25, 0.3) is 10.0 Å². The highest BCUT2D eigenvalue weighted by Crippen LogP contribution is 2.30. The lowest BCUT2D eigenvalue weighted by Crippen LogP contribution is -2.28. The molecule has 39 heavy (non-hydrogen) atoms. The summed E-state index contributed by atoms with van der Waals surface area (Å²) in [6.07, 6.45) is -4.14. The number of aryl methyl sites for hydroxylation is 1. The molecule has 0 aliphatic rings. The number of carbonyl (C=O) groups is 2. The number of carbonyl (C=O) groups excluding carboxylic acids is 2. The summed E-state index contributed by atoms with van der Waals surface area (Å²) in [4.78, 5) is 30.2. The molecule has 0 aliphatic heterocycles. The second kappa shape index (κ2) is 12.6. The third kappa shape index (κ3) is 8.50. The molecule has 0 saturated carbocycles. The van der Waals surface area contributed by atoms with Crippen molar-refractivity contribution in [3.05, 3.63) is 58.4 Å². The number of hydrogen-bond donors (Lipinski definition) is 1. The summed E-state index contributed by atoms with van der Waals surface area (Å²) in [5.74, 6) is -4.40. The van der Waals surface area contributed by atoms with E-state index in [1.54, 1.807) is 11.4 Å². The molecule has 0 spiro atoms. The zero-order valence-corrected chi connectivity index (χ0v) is 22.9. The monoisotopic (exact) mass is 585 g/mol. The van der Waals surface area contributed by atoms with Gasteiger partial charge in [0.05, 0.1) is 27.9 Å². The highest BCUT2D eigenvalue weighted by Gasteiger charge is 2.42. The minimum absolute atomic E-state index is 0.0113. The number of nitrogens with one attached hydrogen (secondary N) is 1. The number of sulfonamides is 1. The van der Waals surface area contributed by atoms with Gasteiger partial charge < -0.3 is 14.4 Å². The first-order valence-electron chi connectivity index (χ1n) is 11.6. The molecule has 0 amide bonds. The summed E-state index contributed by atoms with van der Waals surface area (Å²) in [6.45, 7) is 2.54. The maximum Gasteiger partial charge on any atom is 0.491 e. The van der Waals surface area contributed by atoms with Crippen molar-refractivity contribution in [3.63, 3.8) is 0 Å². The summed E-state index contributed by atoms with van der Waals surface area (Å²) in [5.41, 5.74) is 0.424. The summed E-state index contributed by atoms with van der Waals surface area (Å²) in [7, 11) is -0.476. The van der Waals surface area contributed by atoms with E-state index in [-0.39, 0.29) is 17.2 Å². The number of alkyl halides is 3.